The number of benzene rings is 3. The third-order valence-electron chi connectivity index (χ3n) is 6.46. The first-order valence-corrected chi connectivity index (χ1v) is 13.2. The van der Waals surface area contributed by atoms with Crippen molar-refractivity contribution < 1.29 is 14.3 Å². The van der Waals surface area contributed by atoms with Crippen molar-refractivity contribution in [3.8, 4) is 5.75 Å². The molecule has 0 spiro atoms. The smallest absolute Gasteiger partial charge is 0.264 e. The summed E-state index contributed by atoms with van der Waals surface area (Å²) in [5.41, 5.74) is 4.63. The van der Waals surface area contributed by atoms with Gasteiger partial charge in [-0.15, -0.1) is 11.3 Å². The topological polar surface area (TPSA) is 61.9 Å². The number of amides is 2. The number of aryl methyl sites for hydroxylation is 1. The van der Waals surface area contributed by atoms with Crippen LogP contribution in [0.1, 0.15) is 31.2 Å². The molecule has 37 heavy (non-hydrogen) atoms. The van der Waals surface area contributed by atoms with E-state index in [2.05, 4.69) is 10.2 Å². The molecule has 0 aliphatic carbocycles. The lowest BCUT2D eigenvalue weighted by atomic mass is 10.1. The van der Waals surface area contributed by atoms with Crippen molar-refractivity contribution in [1.29, 1.82) is 0 Å². The molecule has 5 rings (SSSR count). The van der Waals surface area contributed by atoms with Crippen LogP contribution in [0, 0.1) is 6.92 Å². The van der Waals surface area contributed by atoms with Crippen LogP contribution in [0.4, 0.5) is 11.4 Å². The molecule has 1 saturated heterocycles. The van der Waals surface area contributed by atoms with Crippen molar-refractivity contribution in [2.24, 2.45) is 0 Å². The molecule has 0 radical (unpaired) electrons. The highest BCUT2D eigenvalue weighted by Crippen LogP contribution is 2.26. The Balaban J connectivity index is 1.15. The monoisotopic (exact) mass is 511 g/mol. The quantitative estimate of drug-likeness (QED) is 0.338. The molecule has 1 fully saturated rings. The van der Waals surface area contributed by atoms with Crippen molar-refractivity contribution >= 4 is 34.5 Å². The van der Waals surface area contributed by atoms with Gasteiger partial charge in [-0.1, -0.05) is 36.4 Å². The van der Waals surface area contributed by atoms with Gasteiger partial charge in [0.1, 0.15) is 12.4 Å². The zero-order valence-electron chi connectivity index (χ0n) is 20.7. The van der Waals surface area contributed by atoms with E-state index in [0.717, 1.165) is 46.2 Å². The number of hydrogen-bond acceptors (Lipinski definition) is 5. The summed E-state index contributed by atoms with van der Waals surface area (Å²) in [6, 6.07) is 26.9. The molecule has 0 atom stereocenters. The van der Waals surface area contributed by atoms with Crippen LogP contribution >= 0.6 is 11.3 Å². The maximum Gasteiger partial charge on any atom is 0.264 e. The maximum absolute atomic E-state index is 12.8. The number of ether oxygens (including phenoxy) is 1. The normalized spacial score (nSPS) is 13.3. The second-order valence-corrected chi connectivity index (χ2v) is 9.96. The first-order chi connectivity index (χ1) is 18.1. The number of hydrogen-bond donors (Lipinski definition) is 1. The van der Waals surface area contributed by atoms with Gasteiger partial charge in [-0.2, -0.15) is 0 Å². The largest absolute Gasteiger partial charge is 0.489 e. The van der Waals surface area contributed by atoms with Crippen molar-refractivity contribution in [2.45, 2.75) is 13.5 Å². The van der Waals surface area contributed by atoms with Crippen molar-refractivity contribution in [1.82, 2.24) is 4.90 Å². The molecular weight excluding hydrogens is 482 g/mol. The van der Waals surface area contributed by atoms with E-state index >= 15 is 0 Å². The Kier molecular flexibility index (Phi) is 7.51. The highest BCUT2D eigenvalue weighted by Gasteiger charge is 2.23. The summed E-state index contributed by atoms with van der Waals surface area (Å²) in [7, 11) is 0. The SMILES string of the molecule is Cc1cc(NC(=O)c2ccc(OCc3ccccc3)cc2)ccc1N1CCN(C(=O)c2cccs2)CC1. The van der Waals surface area contributed by atoms with Gasteiger partial charge < -0.3 is 19.9 Å². The fourth-order valence-corrected chi connectivity index (χ4v) is 5.13. The van der Waals surface area contributed by atoms with Crippen LogP contribution in [0.15, 0.2) is 90.3 Å². The zero-order valence-corrected chi connectivity index (χ0v) is 21.5. The number of rotatable bonds is 7. The molecule has 1 aromatic heterocycles. The second-order valence-electron chi connectivity index (χ2n) is 9.01. The van der Waals surface area contributed by atoms with E-state index in [9.17, 15) is 9.59 Å². The average molecular weight is 512 g/mol. The Morgan fingerprint density at radius 2 is 1.65 bits per heavy atom. The maximum atomic E-state index is 12.8. The minimum absolute atomic E-state index is 0.111. The number of piperazine rings is 1. The van der Waals surface area contributed by atoms with E-state index in [0.29, 0.717) is 25.3 Å². The molecule has 2 amide bonds. The number of nitrogens with zero attached hydrogens (tertiary/aromatic N) is 2. The van der Waals surface area contributed by atoms with Gasteiger partial charge in [0.25, 0.3) is 11.8 Å². The lowest BCUT2D eigenvalue weighted by molar-refractivity contribution is 0.0751. The van der Waals surface area contributed by atoms with E-state index in [-0.39, 0.29) is 11.8 Å². The minimum Gasteiger partial charge on any atom is -0.489 e. The summed E-state index contributed by atoms with van der Waals surface area (Å²) >= 11 is 1.49. The van der Waals surface area contributed by atoms with Gasteiger partial charge in [0.2, 0.25) is 0 Å². The van der Waals surface area contributed by atoms with E-state index in [1.807, 2.05) is 90.0 Å². The van der Waals surface area contributed by atoms with Gasteiger partial charge in [-0.05, 0) is 72.0 Å². The standard InChI is InChI=1S/C30H29N3O3S/c1-22-20-25(11-14-27(22)32-15-17-33(18-16-32)30(35)28-8-5-19-37-28)31-29(34)24-9-12-26(13-10-24)36-21-23-6-3-2-4-7-23/h2-14,19-20H,15-18,21H2,1H3,(H,31,34). The molecule has 3 aromatic carbocycles. The second kappa shape index (κ2) is 11.3. The minimum atomic E-state index is -0.164. The molecule has 0 bridgehead atoms. The summed E-state index contributed by atoms with van der Waals surface area (Å²) in [5, 5.41) is 4.93. The van der Waals surface area contributed by atoms with Crippen LogP contribution < -0.4 is 15.0 Å². The number of anilines is 2. The van der Waals surface area contributed by atoms with Crippen molar-refractivity contribution in [2.75, 3.05) is 36.4 Å². The summed E-state index contributed by atoms with van der Waals surface area (Å²) in [6.45, 7) is 5.48. The Morgan fingerprint density at radius 3 is 2.32 bits per heavy atom. The third-order valence-corrected chi connectivity index (χ3v) is 7.32. The average Bonchev–Trinajstić information content (AvgIpc) is 3.48. The molecule has 0 unspecified atom stereocenters. The van der Waals surface area contributed by atoms with Crippen LogP contribution in [0.3, 0.4) is 0 Å². The predicted molar refractivity (Wildman–Crippen MR) is 149 cm³/mol. The molecule has 1 N–H and O–H groups in total. The highest BCUT2D eigenvalue weighted by molar-refractivity contribution is 7.12. The lowest BCUT2D eigenvalue weighted by Crippen LogP contribution is -2.48. The van der Waals surface area contributed by atoms with Crippen LogP contribution in [0.2, 0.25) is 0 Å². The van der Waals surface area contributed by atoms with E-state index in [4.69, 9.17) is 4.74 Å². The van der Waals surface area contributed by atoms with Gasteiger partial charge in [-0.25, -0.2) is 0 Å². The number of thiophene rings is 1. The molecule has 6 nitrogen and oxygen atoms in total. The number of carbonyl (C=O) groups excluding carboxylic acids is 2. The molecule has 0 saturated carbocycles. The Labute approximate surface area is 221 Å². The van der Waals surface area contributed by atoms with Crippen LogP contribution in [-0.4, -0.2) is 42.9 Å². The molecule has 4 aromatic rings. The third kappa shape index (κ3) is 6.01. The first kappa shape index (κ1) is 24.6. The first-order valence-electron chi connectivity index (χ1n) is 12.3. The van der Waals surface area contributed by atoms with Crippen LogP contribution in [0.5, 0.6) is 5.75 Å². The molecule has 188 valence electrons. The van der Waals surface area contributed by atoms with Crippen molar-refractivity contribution in [3.63, 3.8) is 0 Å². The summed E-state index contributed by atoms with van der Waals surface area (Å²) in [5.74, 6) is 0.667. The van der Waals surface area contributed by atoms with E-state index in [1.54, 1.807) is 12.1 Å². The lowest BCUT2D eigenvalue weighted by Gasteiger charge is -2.36. The fourth-order valence-electron chi connectivity index (χ4n) is 4.44. The molecular formula is C30H29N3O3S. The van der Waals surface area contributed by atoms with E-state index < -0.39 is 0 Å². The van der Waals surface area contributed by atoms with Gasteiger partial charge in [-0.3, -0.25) is 9.59 Å². The Hall–Kier alpha value is -4.10. The Bertz CT molecular complexity index is 1350. The van der Waals surface area contributed by atoms with Crippen LogP contribution in [0.25, 0.3) is 0 Å². The zero-order chi connectivity index (χ0) is 25.6. The summed E-state index contributed by atoms with van der Waals surface area (Å²) in [6.07, 6.45) is 0. The van der Waals surface area contributed by atoms with E-state index in [1.165, 1.54) is 11.3 Å². The van der Waals surface area contributed by atoms with Gasteiger partial charge >= 0.3 is 0 Å². The van der Waals surface area contributed by atoms with Gasteiger partial charge in [0, 0.05) is 43.1 Å². The summed E-state index contributed by atoms with van der Waals surface area (Å²) < 4.78 is 5.81. The molecule has 1 aliphatic rings. The van der Waals surface area contributed by atoms with Gasteiger partial charge in [0.15, 0.2) is 0 Å². The Morgan fingerprint density at radius 1 is 0.892 bits per heavy atom. The van der Waals surface area contributed by atoms with Crippen LogP contribution in [-0.2, 0) is 6.61 Å². The van der Waals surface area contributed by atoms with Gasteiger partial charge in [0.05, 0.1) is 4.88 Å². The fraction of sp³-hybridized carbons (Fsp3) is 0.200. The molecule has 2 heterocycles. The molecule has 1 aliphatic heterocycles. The molecule has 7 heteroatoms. The predicted octanol–water partition coefficient (Wildman–Crippen LogP) is 5.85. The van der Waals surface area contributed by atoms with Crippen molar-refractivity contribution in [3.05, 3.63) is 112 Å². The number of nitrogens with one attached hydrogen (secondary N) is 1. The summed E-state index contributed by atoms with van der Waals surface area (Å²) in [4.78, 5) is 30.4. The highest BCUT2D eigenvalue weighted by atomic mass is 32.1. The number of carbonyl (C=O) groups is 2.